The fraction of sp³-hybridized carbons (Fsp3) is 0.0952. The van der Waals surface area contributed by atoms with Crippen LogP contribution in [0.15, 0.2) is 89.6 Å². The highest BCUT2D eigenvalue weighted by atomic mass is 16.6. The van der Waals surface area contributed by atoms with E-state index in [9.17, 15) is 10.1 Å². The molecular weight excluding hydrogens is 328 g/mol. The van der Waals surface area contributed by atoms with Crippen molar-refractivity contribution in [3.05, 3.63) is 106 Å². The van der Waals surface area contributed by atoms with Gasteiger partial charge < -0.3 is 4.84 Å². The second-order valence-electron chi connectivity index (χ2n) is 6.13. The monoisotopic (exact) mass is 344 g/mol. The van der Waals surface area contributed by atoms with E-state index in [1.165, 1.54) is 6.07 Å². The number of oxime groups is 1. The highest BCUT2D eigenvalue weighted by molar-refractivity contribution is 6.06. The molecule has 2 atom stereocenters. The van der Waals surface area contributed by atoms with Crippen molar-refractivity contribution in [2.24, 2.45) is 11.1 Å². The van der Waals surface area contributed by atoms with Crippen LogP contribution < -0.4 is 0 Å². The minimum absolute atomic E-state index is 0.0440. The van der Waals surface area contributed by atoms with Crippen molar-refractivity contribution in [3.63, 3.8) is 0 Å². The quantitative estimate of drug-likeness (QED) is 0.605. The Morgan fingerprint density at radius 2 is 1.96 bits per heavy atom. The van der Waals surface area contributed by atoms with Crippen molar-refractivity contribution >= 4 is 17.5 Å². The molecule has 1 heterocycles. The molecule has 0 bridgehead atoms. The number of non-ortho nitro benzene ring substituents is 1. The highest BCUT2D eigenvalue weighted by Crippen LogP contribution is 2.36. The average molecular weight is 344 g/mol. The second-order valence-corrected chi connectivity index (χ2v) is 6.13. The van der Waals surface area contributed by atoms with Crippen LogP contribution in [0, 0.1) is 16.0 Å². The first kappa shape index (κ1) is 16.0. The first-order chi connectivity index (χ1) is 12.7. The molecule has 0 unspecified atom stereocenters. The Bertz CT molecular complexity index is 958. The molecule has 1 aliphatic carbocycles. The van der Waals surface area contributed by atoms with Crippen LogP contribution in [0.5, 0.6) is 0 Å². The Balaban J connectivity index is 1.60. The molecule has 5 heteroatoms. The lowest BCUT2D eigenvalue weighted by atomic mass is 9.90. The van der Waals surface area contributed by atoms with Crippen molar-refractivity contribution in [3.8, 4) is 0 Å². The zero-order chi connectivity index (χ0) is 17.9. The zero-order valence-corrected chi connectivity index (χ0v) is 13.9. The maximum Gasteiger partial charge on any atom is 0.270 e. The lowest BCUT2D eigenvalue weighted by Gasteiger charge is -2.11. The first-order valence-corrected chi connectivity index (χ1v) is 8.32. The van der Waals surface area contributed by atoms with E-state index in [2.05, 4.69) is 5.16 Å². The minimum atomic E-state index is -0.399. The van der Waals surface area contributed by atoms with Crippen LogP contribution in [-0.2, 0) is 4.84 Å². The molecule has 2 aliphatic rings. The standard InChI is InChI=1S/C21H16N2O3/c24-23(25)18-11-5-10-17(14-18)21-20-16(12-13-19(20)26-22-21)9-4-8-15-6-2-1-3-7-15/h1-14,19-20H/b8-4-,16-9-/t19-,20+/m1/s1. The molecule has 0 radical (unpaired) electrons. The topological polar surface area (TPSA) is 64.7 Å². The van der Waals surface area contributed by atoms with E-state index in [1.807, 2.05) is 66.8 Å². The number of fused-ring (bicyclic) bond motifs is 1. The summed E-state index contributed by atoms with van der Waals surface area (Å²) in [6.45, 7) is 0. The third-order valence-electron chi connectivity index (χ3n) is 4.46. The van der Waals surface area contributed by atoms with Gasteiger partial charge in [0.2, 0.25) is 0 Å². The molecule has 0 amide bonds. The summed E-state index contributed by atoms with van der Waals surface area (Å²) >= 11 is 0. The fourth-order valence-electron chi connectivity index (χ4n) is 3.20. The maximum absolute atomic E-state index is 11.0. The molecule has 0 saturated heterocycles. The van der Waals surface area contributed by atoms with E-state index < -0.39 is 4.92 Å². The van der Waals surface area contributed by atoms with Gasteiger partial charge in [-0.1, -0.05) is 71.9 Å². The average Bonchev–Trinajstić information content (AvgIpc) is 3.26. The van der Waals surface area contributed by atoms with Gasteiger partial charge in [0, 0.05) is 17.7 Å². The Labute approximate surface area is 150 Å². The van der Waals surface area contributed by atoms with Gasteiger partial charge in [0.25, 0.3) is 5.69 Å². The van der Waals surface area contributed by atoms with E-state index >= 15 is 0 Å². The number of nitro groups is 1. The van der Waals surface area contributed by atoms with Crippen molar-refractivity contribution in [2.75, 3.05) is 0 Å². The van der Waals surface area contributed by atoms with Crippen LogP contribution in [0.1, 0.15) is 11.1 Å². The summed E-state index contributed by atoms with van der Waals surface area (Å²) in [5.74, 6) is -0.0440. The molecule has 0 spiro atoms. The summed E-state index contributed by atoms with van der Waals surface area (Å²) in [6, 6.07) is 16.6. The Hall–Kier alpha value is -3.47. The van der Waals surface area contributed by atoms with Gasteiger partial charge >= 0.3 is 0 Å². The predicted octanol–water partition coefficient (Wildman–Crippen LogP) is 4.52. The molecule has 2 aromatic carbocycles. The van der Waals surface area contributed by atoms with Gasteiger partial charge in [0.15, 0.2) is 6.10 Å². The summed E-state index contributed by atoms with van der Waals surface area (Å²) in [4.78, 5) is 16.1. The Morgan fingerprint density at radius 3 is 2.77 bits per heavy atom. The zero-order valence-electron chi connectivity index (χ0n) is 13.9. The maximum atomic E-state index is 11.0. The van der Waals surface area contributed by atoms with Gasteiger partial charge in [0.05, 0.1) is 16.6 Å². The molecule has 1 aliphatic heterocycles. The van der Waals surface area contributed by atoms with Gasteiger partial charge in [-0.2, -0.15) is 0 Å². The normalized spacial score (nSPS) is 22.5. The number of hydrogen-bond acceptors (Lipinski definition) is 4. The molecule has 5 nitrogen and oxygen atoms in total. The van der Waals surface area contributed by atoms with Gasteiger partial charge in [0.1, 0.15) is 0 Å². The number of rotatable bonds is 4. The molecule has 2 aromatic rings. The van der Waals surface area contributed by atoms with E-state index in [0.717, 1.165) is 16.8 Å². The Morgan fingerprint density at radius 1 is 1.12 bits per heavy atom. The van der Waals surface area contributed by atoms with Crippen molar-refractivity contribution < 1.29 is 9.76 Å². The van der Waals surface area contributed by atoms with Crippen molar-refractivity contribution in [1.82, 2.24) is 0 Å². The molecule has 26 heavy (non-hydrogen) atoms. The smallest absolute Gasteiger partial charge is 0.270 e. The minimum Gasteiger partial charge on any atom is -0.387 e. The third-order valence-corrected chi connectivity index (χ3v) is 4.46. The van der Waals surface area contributed by atoms with Gasteiger partial charge in [-0.15, -0.1) is 0 Å². The predicted molar refractivity (Wildman–Crippen MR) is 101 cm³/mol. The number of nitro benzene ring substituents is 1. The summed E-state index contributed by atoms with van der Waals surface area (Å²) in [5.41, 5.74) is 3.69. The number of nitrogens with zero attached hydrogens (tertiary/aromatic N) is 2. The molecular formula is C21H16N2O3. The van der Waals surface area contributed by atoms with Crippen LogP contribution in [0.2, 0.25) is 0 Å². The third kappa shape index (κ3) is 3.07. The molecule has 128 valence electrons. The van der Waals surface area contributed by atoms with Crippen molar-refractivity contribution in [2.45, 2.75) is 6.10 Å². The van der Waals surface area contributed by atoms with Crippen LogP contribution in [0.4, 0.5) is 5.69 Å². The highest BCUT2D eigenvalue weighted by Gasteiger charge is 2.38. The Kier molecular flexibility index (Phi) is 4.19. The number of benzene rings is 2. The molecule has 4 rings (SSSR count). The molecule has 0 fully saturated rings. The van der Waals surface area contributed by atoms with Crippen LogP contribution in [0.25, 0.3) is 6.08 Å². The lowest BCUT2D eigenvalue weighted by Crippen LogP contribution is -2.20. The van der Waals surface area contributed by atoms with E-state index in [4.69, 9.17) is 4.84 Å². The van der Waals surface area contributed by atoms with Gasteiger partial charge in [-0.05, 0) is 17.2 Å². The van der Waals surface area contributed by atoms with E-state index in [0.29, 0.717) is 5.56 Å². The summed E-state index contributed by atoms with van der Waals surface area (Å²) < 4.78 is 0. The van der Waals surface area contributed by atoms with Gasteiger partial charge in [-0.25, -0.2) is 0 Å². The van der Waals surface area contributed by atoms with Crippen LogP contribution in [0.3, 0.4) is 0 Å². The molecule has 0 saturated carbocycles. The first-order valence-electron chi connectivity index (χ1n) is 8.32. The van der Waals surface area contributed by atoms with Crippen molar-refractivity contribution in [1.29, 1.82) is 0 Å². The van der Waals surface area contributed by atoms with Crippen LogP contribution in [-0.4, -0.2) is 16.7 Å². The van der Waals surface area contributed by atoms with Crippen LogP contribution >= 0.6 is 0 Å². The largest absolute Gasteiger partial charge is 0.387 e. The molecule has 0 N–H and O–H groups in total. The summed E-state index contributed by atoms with van der Waals surface area (Å²) in [5, 5.41) is 15.2. The SMILES string of the molecule is O=[N+]([O-])c1cccc(C2=NO[C@@H]3C=C/C(=C/C=C\c4ccccc4)[C@H]23)c1. The summed E-state index contributed by atoms with van der Waals surface area (Å²) in [6.07, 6.45) is 9.92. The summed E-state index contributed by atoms with van der Waals surface area (Å²) in [7, 11) is 0. The van der Waals surface area contributed by atoms with E-state index in [-0.39, 0.29) is 17.7 Å². The van der Waals surface area contributed by atoms with E-state index in [1.54, 1.807) is 12.1 Å². The molecule has 0 aromatic heterocycles. The number of hydrogen-bond donors (Lipinski definition) is 0. The lowest BCUT2D eigenvalue weighted by molar-refractivity contribution is -0.384. The fourth-order valence-corrected chi connectivity index (χ4v) is 3.20. The number of allylic oxidation sites excluding steroid dienone is 3. The van der Waals surface area contributed by atoms with Gasteiger partial charge in [-0.3, -0.25) is 10.1 Å². The second kappa shape index (κ2) is 6.80.